The van der Waals surface area contributed by atoms with E-state index in [1.54, 1.807) is 19.4 Å². The van der Waals surface area contributed by atoms with Crippen LogP contribution in [0.4, 0.5) is 5.69 Å². The first-order valence-corrected chi connectivity index (χ1v) is 11.8. The second-order valence-corrected chi connectivity index (χ2v) is 8.91. The van der Waals surface area contributed by atoms with Gasteiger partial charge in [-0.25, -0.2) is 0 Å². The van der Waals surface area contributed by atoms with Crippen molar-refractivity contribution in [2.24, 2.45) is 0 Å². The molecule has 180 valence electrons. The predicted octanol–water partition coefficient (Wildman–Crippen LogP) is 5.34. The number of methoxy groups -OCH3 is 1. The third kappa shape index (κ3) is 5.66. The zero-order valence-corrected chi connectivity index (χ0v) is 20.1. The van der Waals surface area contributed by atoms with Crippen molar-refractivity contribution in [1.29, 1.82) is 0 Å². The Morgan fingerprint density at radius 1 is 1.15 bits per heavy atom. The van der Waals surface area contributed by atoms with Crippen LogP contribution in [0.15, 0.2) is 61.1 Å². The minimum Gasteiger partial charge on any atom is -0.497 e. The number of benzene rings is 1. The van der Waals surface area contributed by atoms with Gasteiger partial charge in [0.2, 0.25) is 0 Å². The molecule has 1 aliphatic rings. The van der Waals surface area contributed by atoms with E-state index >= 15 is 0 Å². The number of carbonyl (C=O) groups excluding carboxylic acids is 1. The van der Waals surface area contributed by atoms with Crippen molar-refractivity contribution in [2.45, 2.75) is 51.2 Å². The molecule has 0 spiro atoms. The summed E-state index contributed by atoms with van der Waals surface area (Å²) in [4.78, 5) is 17.5. The van der Waals surface area contributed by atoms with Gasteiger partial charge < -0.3 is 24.1 Å². The fourth-order valence-corrected chi connectivity index (χ4v) is 4.42. The topological polar surface area (TPSA) is 74.6 Å². The van der Waals surface area contributed by atoms with Crippen LogP contribution in [0, 0.1) is 0 Å². The number of nitrogens with one attached hydrogen (secondary N) is 1. The number of amides is 1. The van der Waals surface area contributed by atoms with Gasteiger partial charge in [-0.3, -0.25) is 9.78 Å². The molecule has 34 heavy (non-hydrogen) atoms. The van der Waals surface area contributed by atoms with Crippen LogP contribution in [0.3, 0.4) is 0 Å². The molecule has 1 aromatic carbocycles. The second-order valence-electron chi connectivity index (χ2n) is 8.91. The van der Waals surface area contributed by atoms with Gasteiger partial charge in [-0.1, -0.05) is 20.3 Å². The number of pyridine rings is 1. The highest BCUT2D eigenvalue weighted by Crippen LogP contribution is 2.34. The Kier molecular flexibility index (Phi) is 7.65. The summed E-state index contributed by atoms with van der Waals surface area (Å²) < 4.78 is 18.3. The average molecular weight is 464 g/mol. The quantitative estimate of drug-likeness (QED) is 0.439. The van der Waals surface area contributed by atoms with Crippen LogP contribution in [0.2, 0.25) is 0 Å². The lowest BCUT2D eigenvalue weighted by molar-refractivity contribution is -0.0513. The Hall–Kier alpha value is -3.16. The number of aromatic nitrogens is 2. The standard InChI is InChI=1S/C27H33N3O4/c1-4-13-27(2,14-11-25-33-16-17-34-25)24-10-5-21(18-28-24)29-26(31)20-12-15-30(19-20)22-6-8-23(32-3)9-7-22/h5-10,12,15,18-19,25H,4,11,13-14,16-17H2,1-3H3,(H,29,31). The van der Waals surface area contributed by atoms with Gasteiger partial charge in [-0.2, -0.15) is 0 Å². The maximum atomic E-state index is 12.8. The molecule has 0 bridgehead atoms. The molecule has 4 rings (SSSR count). The summed E-state index contributed by atoms with van der Waals surface area (Å²) in [5.74, 6) is 0.619. The summed E-state index contributed by atoms with van der Waals surface area (Å²) in [6, 6.07) is 13.4. The minimum atomic E-state index is -0.173. The Balaban J connectivity index is 1.40. The monoisotopic (exact) mass is 463 g/mol. The van der Waals surface area contributed by atoms with Crippen LogP contribution in [0.5, 0.6) is 5.75 Å². The fourth-order valence-electron chi connectivity index (χ4n) is 4.42. The lowest BCUT2D eigenvalue weighted by Gasteiger charge is -2.30. The van der Waals surface area contributed by atoms with Gasteiger partial charge in [-0.05, 0) is 61.7 Å². The molecule has 7 nitrogen and oxygen atoms in total. The number of nitrogens with zero attached hydrogens (tertiary/aromatic N) is 2. The van der Waals surface area contributed by atoms with Gasteiger partial charge in [0.25, 0.3) is 5.91 Å². The maximum Gasteiger partial charge on any atom is 0.257 e. The van der Waals surface area contributed by atoms with Crippen LogP contribution in [-0.4, -0.2) is 42.1 Å². The van der Waals surface area contributed by atoms with Crippen molar-refractivity contribution in [3.8, 4) is 11.4 Å². The molecule has 3 heterocycles. The van der Waals surface area contributed by atoms with Crippen molar-refractivity contribution in [1.82, 2.24) is 9.55 Å². The fraction of sp³-hybridized carbons (Fsp3) is 0.407. The summed E-state index contributed by atoms with van der Waals surface area (Å²) in [6.45, 7) is 5.78. The van der Waals surface area contributed by atoms with Crippen LogP contribution in [0.25, 0.3) is 5.69 Å². The van der Waals surface area contributed by atoms with Gasteiger partial charge >= 0.3 is 0 Å². The number of ether oxygens (including phenoxy) is 3. The largest absolute Gasteiger partial charge is 0.497 e. The maximum absolute atomic E-state index is 12.8. The SMILES string of the molecule is CCCC(C)(CCC1OCCO1)c1ccc(NC(=O)c2ccn(-c3ccc(OC)cc3)c2)cn1. The smallest absolute Gasteiger partial charge is 0.257 e. The van der Waals surface area contributed by atoms with Gasteiger partial charge in [0.1, 0.15) is 5.75 Å². The molecule has 7 heteroatoms. The van der Waals surface area contributed by atoms with E-state index in [0.717, 1.165) is 42.8 Å². The summed E-state index contributed by atoms with van der Waals surface area (Å²) in [5.41, 5.74) is 3.16. The van der Waals surface area contributed by atoms with Gasteiger partial charge in [0, 0.05) is 29.2 Å². The molecular formula is C27H33N3O4. The van der Waals surface area contributed by atoms with E-state index in [-0.39, 0.29) is 17.6 Å². The molecule has 1 aliphatic heterocycles. The van der Waals surface area contributed by atoms with E-state index in [2.05, 4.69) is 19.2 Å². The number of hydrogen-bond acceptors (Lipinski definition) is 5. The van der Waals surface area contributed by atoms with E-state index in [9.17, 15) is 4.79 Å². The Morgan fingerprint density at radius 3 is 2.56 bits per heavy atom. The van der Waals surface area contributed by atoms with Gasteiger partial charge in [-0.15, -0.1) is 0 Å². The summed E-state index contributed by atoms with van der Waals surface area (Å²) in [6.07, 6.45) is 9.18. The van der Waals surface area contributed by atoms with Crippen molar-refractivity contribution >= 4 is 11.6 Å². The van der Waals surface area contributed by atoms with E-state index in [0.29, 0.717) is 24.5 Å². The third-order valence-electron chi connectivity index (χ3n) is 6.39. The van der Waals surface area contributed by atoms with Crippen molar-refractivity contribution < 1.29 is 19.0 Å². The first kappa shape index (κ1) is 24.0. The van der Waals surface area contributed by atoms with Crippen LogP contribution < -0.4 is 10.1 Å². The molecule has 0 saturated carbocycles. The Bertz CT molecular complexity index is 1070. The first-order chi connectivity index (χ1) is 16.5. The predicted molar refractivity (Wildman–Crippen MR) is 132 cm³/mol. The lowest BCUT2D eigenvalue weighted by atomic mass is 9.78. The van der Waals surface area contributed by atoms with Crippen molar-refractivity contribution in [2.75, 3.05) is 25.6 Å². The molecule has 1 N–H and O–H groups in total. The molecule has 0 aliphatic carbocycles. The number of anilines is 1. The number of carbonyl (C=O) groups is 1. The van der Waals surface area contributed by atoms with E-state index in [1.165, 1.54) is 0 Å². The minimum absolute atomic E-state index is 0.0673. The van der Waals surface area contributed by atoms with Crippen LogP contribution >= 0.6 is 0 Å². The van der Waals surface area contributed by atoms with Crippen LogP contribution in [0.1, 0.15) is 55.6 Å². The normalized spacial score (nSPS) is 15.7. The summed E-state index contributed by atoms with van der Waals surface area (Å²) in [7, 11) is 1.64. The molecule has 1 saturated heterocycles. The second kappa shape index (κ2) is 10.8. The molecule has 3 aromatic rings. The van der Waals surface area contributed by atoms with Gasteiger partial charge in [0.15, 0.2) is 6.29 Å². The Morgan fingerprint density at radius 2 is 1.91 bits per heavy atom. The number of rotatable bonds is 10. The summed E-state index contributed by atoms with van der Waals surface area (Å²) >= 11 is 0. The third-order valence-corrected chi connectivity index (χ3v) is 6.39. The number of hydrogen-bond donors (Lipinski definition) is 1. The van der Waals surface area contributed by atoms with E-state index in [1.807, 2.05) is 53.4 Å². The molecule has 2 aromatic heterocycles. The molecule has 1 amide bonds. The zero-order chi connectivity index (χ0) is 24.0. The highest BCUT2D eigenvalue weighted by molar-refractivity contribution is 6.04. The lowest BCUT2D eigenvalue weighted by Crippen LogP contribution is -2.25. The van der Waals surface area contributed by atoms with Gasteiger partial charge in [0.05, 0.1) is 37.8 Å². The highest BCUT2D eigenvalue weighted by atomic mass is 16.7. The van der Waals surface area contributed by atoms with Crippen LogP contribution in [-0.2, 0) is 14.9 Å². The highest BCUT2D eigenvalue weighted by Gasteiger charge is 2.29. The van der Waals surface area contributed by atoms with Crippen molar-refractivity contribution in [3.63, 3.8) is 0 Å². The molecule has 1 unspecified atom stereocenters. The Labute approximate surface area is 201 Å². The molecular weight excluding hydrogens is 430 g/mol. The summed E-state index contributed by atoms with van der Waals surface area (Å²) in [5, 5.41) is 2.95. The molecule has 1 atom stereocenters. The molecule has 1 fully saturated rings. The average Bonchev–Trinajstić information content (AvgIpc) is 3.56. The zero-order valence-electron chi connectivity index (χ0n) is 20.1. The molecule has 0 radical (unpaired) electrons. The van der Waals surface area contributed by atoms with Crippen molar-refractivity contribution in [3.05, 3.63) is 72.3 Å². The first-order valence-electron chi connectivity index (χ1n) is 11.8. The van der Waals surface area contributed by atoms with E-state index < -0.39 is 0 Å². The van der Waals surface area contributed by atoms with E-state index in [4.69, 9.17) is 19.2 Å².